The Morgan fingerprint density at radius 3 is 2.36 bits per heavy atom. The highest BCUT2D eigenvalue weighted by atomic mass is 19.1. The highest BCUT2D eigenvalue weighted by Crippen LogP contribution is 2.21. The normalized spacial score (nSPS) is 10.4. The van der Waals surface area contributed by atoms with Crippen molar-refractivity contribution in [1.82, 2.24) is 14.9 Å². The Kier molecular flexibility index (Phi) is 6.16. The topological polar surface area (TPSA) is 67.4 Å². The fourth-order valence-corrected chi connectivity index (χ4v) is 2.60. The van der Waals surface area contributed by atoms with Crippen molar-refractivity contribution in [3.8, 4) is 11.6 Å². The van der Waals surface area contributed by atoms with Crippen LogP contribution >= 0.6 is 0 Å². The van der Waals surface area contributed by atoms with Crippen molar-refractivity contribution < 1.29 is 13.9 Å². The minimum atomic E-state index is -0.333. The van der Waals surface area contributed by atoms with E-state index in [9.17, 15) is 9.18 Å². The molecule has 1 N–H and O–H groups in total. The molecule has 144 valence electrons. The molecule has 0 fully saturated rings. The first-order valence-corrected chi connectivity index (χ1v) is 9.02. The Balaban J connectivity index is 1.68. The first-order chi connectivity index (χ1) is 13.6. The van der Waals surface area contributed by atoms with Crippen LogP contribution < -0.4 is 10.1 Å². The first kappa shape index (κ1) is 19.3. The van der Waals surface area contributed by atoms with E-state index in [0.717, 1.165) is 5.69 Å². The summed E-state index contributed by atoms with van der Waals surface area (Å²) in [6.07, 6.45) is 1.56. The van der Waals surface area contributed by atoms with Gasteiger partial charge in [-0.1, -0.05) is 0 Å². The summed E-state index contributed by atoms with van der Waals surface area (Å²) in [5.41, 5.74) is 1.37. The summed E-state index contributed by atoms with van der Waals surface area (Å²) in [5.74, 6) is 0.827. The first-order valence-electron chi connectivity index (χ1n) is 9.02. The fourth-order valence-electron chi connectivity index (χ4n) is 2.60. The average molecular weight is 380 g/mol. The predicted octanol–water partition coefficient (Wildman–Crippen LogP) is 4.63. The number of nitrogens with zero attached hydrogens (tertiary/aromatic N) is 3. The number of carbonyl (C=O) groups excluding carboxylic acids is 1. The van der Waals surface area contributed by atoms with E-state index < -0.39 is 0 Å². The van der Waals surface area contributed by atoms with Gasteiger partial charge in [0.25, 0.3) is 5.91 Å². The van der Waals surface area contributed by atoms with E-state index in [0.29, 0.717) is 36.2 Å². The molecule has 0 spiro atoms. The number of halogens is 1. The molecule has 0 aliphatic heterocycles. The largest absolute Gasteiger partial charge is 0.439 e. The third-order valence-electron chi connectivity index (χ3n) is 4.10. The van der Waals surface area contributed by atoms with Gasteiger partial charge in [-0.3, -0.25) is 4.79 Å². The molecule has 0 saturated carbocycles. The van der Waals surface area contributed by atoms with Crippen molar-refractivity contribution in [2.75, 3.05) is 18.4 Å². The Bertz CT molecular complexity index is 926. The van der Waals surface area contributed by atoms with Gasteiger partial charge in [-0.15, -0.1) is 0 Å². The summed E-state index contributed by atoms with van der Waals surface area (Å²) in [6.45, 7) is 5.25. The van der Waals surface area contributed by atoms with E-state index in [1.54, 1.807) is 41.4 Å². The fraction of sp³-hybridized carbons (Fsp3) is 0.190. The number of aromatic nitrogens is 2. The Hall–Kier alpha value is -3.48. The summed E-state index contributed by atoms with van der Waals surface area (Å²) < 4.78 is 18.6. The zero-order valence-corrected chi connectivity index (χ0v) is 15.7. The second-order valence-electron chi connectivity index (χ2n) is 5.95. The van der Waals surface area contributed by atoms with Crippen molar-refractivity contribution in [2.45, 2.75) is 13.8 Å². The minimum absolute atomic E-state index is 0.00231. The average Bonchev–Trinajstić information content (AvgIpc) is 2.71. The van der Waals surface area contributed by atoms with Gasteiger partial charge < -0.3 is 15.0 Å². The maximum absolute atomic E-state index is 13.0. The molecule has 0 bridgehead atoms. The molecule has 2 aromatic carbocycles. The lowest BCUT2D eigenvalue weighted by molar-refractivity contribution is 0.0773. The van der Waals surface area contributed by atoms with Gasteiger partial charge >= 0.3 is 0 Å². The molecule has 3 rings (SSSR count). The molecule has 6 nitrogen and oxygen atoms in total. The standard InChI is InChI=1S/C21H21FN4O2/c1-3-26(4-2)20(27)15-5-9-17(10-6-15)24-21-23-14-13-19(25-21)28-18-11-7-16(22)8-12-18/h5-14H,3-4H2,1-2H3,(H,23,24,25). The zero-order chi connectivity index (χ0) is 19.9. The van der Waals surface area contributed by atoms with Gasteiger partial charge in [0.1, 0.15) is 11.6 Å². The summed E-state index contributed by atoms with van der Waals surface area (Å²) in [6, 6.07) is 14.4. The molecular formula is C21H21FN4O2. The second-order valence-corrected chi connectivity index (χ2v) is 5.95. The van der Waals surface area contributed by atoms with Crippen molar-refractivity contribution in [3.63, 3.8) is 0 Å². The van der Waals surface area contributed by atoms with Gasteiger partial charge in [0.2, 0.25) is 11.8 Å². The van der Waals surface area contributed by atoms with Crippen LogP contribution in [0.4, 0.5) is 16.0 Å². The number of benzene rings is 2. The van der Waals surface area contributed by atoms with Crippen LogP contribution in [0.5, 0.6) is 11.6 Å². The molecule has 28 heavy (non-hydrogen) atoms. The van der Waals surface area contributed by atoms with E-state index in [1.165, 1.54) is 24.3 Å². The molecule has 1 amide bonds. The number of rotatable bonds is 7. The van der Waals surface area contributed by atoms with E-state index >= 15 is 0 Å². The van der Waals surface area contributed by atoms with Gasteiger partial charge in [-0.2, -0.15) is 4.98 Å². The molecule has 3 aromatic rings. The van der Waals surface area contributed by atoms with Crippen LogP contribution in [0.3, 0.4) is 0 Å². The van der Waals surface area contributed by atoms with E-state index in [4.69, 9.17) is 4.74 Å². The number of carbonyl (C=O) groups is 1. The van der Waals surface area contributed by atoms with Crippen molar-refractivity contribution >= 4 is 17.5 Å². The van der Waals surface area contributed by atoms with Gasteiger partial charge in [0.15, 0.2) is 0 Å². The van der Waals surface area contributed by atoms with Crippen molar-refractivity contribution in [2.24, 2.45) is 0 Å². The predicted molar refractivity (Wildman–Crippen MR) is 105 cm³/mol. The minimum Gasteiger partial charge on any atom is -0.439 e. The molecule has 1 heterocycles. The van der Waals surface area contributed by atoms with Crippen LogP contribution in [-0.2, 0) is 0 Å². The quantitative estimate of drug-likeness (QED) is 0.647. The zero-order valence-electron chi connectivity index (χ0n) is 15.7. The van der Waals surface area contributed by atoms with Crippen LogP contribution in [0.25, 0.3) is 0 Å². The summed E-state index contributed by atoms with van der Waals surface area (Å²) >= 11 is 0. The summed E-state index contributed by atoms with van der Waals surface area (Å²) in [5, 5.41) is 3.08. The summed E-state index contributed by atoms with van der Waals surface area (Å²) in [7, 11) is 0. The molecule has 7 heteroatoms. The smallest absolute Gasteiger partial charge is 0.253 e. The Morgan fingerprint density at radius 2 is 1.71 bits per heavy atom. The molecule has 0 unspecified atom stereocenters. The lowest BCUT2D eigenvalue weighted by Crippen LogP contribution is -2.30. The van der Waals surface area contributed by atoms with Crippen molar-refractivity contribution in [3.05, 3.63) is 72.2 Å². The number of hydrogen-bond acceptors (Lipinski definition) is 5. The van der Waals surface area contributed by atoms with Gasteiger partial charge in [-0.05, 0) is 62.4 Å². The van der Waals surface area contributed by atoms with Crippen LogP contribution in [0.1, 0.15) is 24.2 Å². The Labute approximate surface area is 163 Å². The highest BCUT2D eigenvalue weighted by Gasteiger charge is 2.12. The molecule has 0 radical (unpaired) electrons. The van der Waals surface area contributed by atoms with E-state index in [-0.39, 0.29) is 11.7 Å². The number of amides is 1. The maximum Gasteiger partial charge on any atom is 0.253 e. The molecular weight excluding hydrogens is 359 g/mol. The maximum atomic E-state index is 13.0. The van der Waals surface area contributed by atoms with Gasteiger partial charge in [0.05, 0.1) is 0 Å². The van der Waals surface area contributed by atoms with Crippen LogP contribution in [0, 0.1) is 5.82 Å². The van der Waals surface area contributed by atoms with E-state index in [1.807, 2.05) is 13.8 Å². The number of hydrogen-bond donors (Lipinski definition) is 1. The SMILES string of the molecule is CCN(CC)C(=O)c1ccc(Nc2nccc(Oc3ccc(F)cc3)n2)cc1. The van der Waals surface area contributed by atoms with Crippen LogP contribution in [0.2, 0.25) is 0 Å². The highest BCUT2D eigenvalue weighted by molar-refractivity contribution is 5.94. The second kappa shape index (κ2) is 8.94. The lowest BCUT2D eigenvalue weighted by atomic mass is 10.2. The van der Waals surface area contributed by atoms with Crippen LogP contribution in [-0.4, -0.2) is 33.9 Å². The van der Waals surface area contributed by atoms with Gasteiger partial charge in [-0.25, -0.2) is 9.37 Å². The molecule has 0 aliphatic carbocycles. The molecule has 0 aliphatic rings. The monoisotopic (exact) mass is 380 g/mol. The third kappa shape index (κ3) is 4.82. The number of anilines is 2. The number of nitrogens with one attached hydrogen (secondary N) is 1. The summed E-state index contributed by atoms with van der Waals surface area (Å²) in [4.78, 5) is 22.6. The third-order valence-corrected chi connectivity index (χ3v) is 4.10. The van der Waals surface area contributed by atoms with E-state index in [2.05, 4.69) is 15.3 Å². The molecule has 0 atom stereocenters. The lowest BCUT2D eigenvalue weighted by Gasteiger charge is -2.18. The number of ether oxygens (including phenoxy) is 1. The molecule has 0 saturated heterocycles. The van der Waals surface area contributed by atoms with Crippen molar-refractivity contribution in [1.29, 1.82) is 0 Å². The van der Waals surface area contributed by atoms with Gasteiger partial charge in [0, 0.05) is 36.6 Å². The Morgan fingerprint density at radius 1 is 1.04 bits per heavy atom. The van der Waals surface area contributed by atoms with Crippen LogP contribution in [0.15, 0.2) is 60.8 Å². The molecule has 1 aromatic heterocycles.